The van der Waals surface area contributed by atoms with E-state index in [9.17, 15) is 27.5 Å². The van der Waals surface area contributed by atoms with Gasteiger partial charge in [-0.15, -0.1) is 0 Å². The Balaban J connectivity index is 2.00. The first-order chi connectivity index (χ1) is 15.6. The topological polar surface area (TPSA) is 140 Å². The van der Waals surface area contributed by atoms with E-state index in [1.807, 2.05) is 0 Å². The number of hydrogen-bond donors (Lipinski definition) is 2. The van der Waals surface area contributed by atoms with Crippen molar-refractivity contribution in [3.05, 3.63) is 53.3 Å². The molecule has 0 aliphatic heterocycles. The molecule has 1 saturated carbocycles. The molecule has 3 aromatic rings. The van der Waals surface area contributed by atoms with Crippen LogP contribution < -0.4 is 10.0 Å². The number of nitrogens with two attached hydrogens (primary N) is 1. The van der Waals surface area contributed by atoms with Crippen molar-refractivity contribution in [3.8, 4) is 11.3 Å². The van der Waals surface area contributed by atoms with Crippen LogP contribution in [-0.2, 0) is 14.8 Å². The molecule has 11 heteroatoms. The third-order valence-electron chi connectivity index (χ3n) is 5.33. The lowest BCUT2D eigenvalue weighted by Crippen LogP contribution is -2.33. The number of furan rings is 1. The Labute approximate surface area is 188 Å². The molecule has 33 heavy (non-hydrogen) atoms. The Morgan fingerprint density at radius 2 is 1.91 bits per heavy atom. The number of aliphatic hydroxyl groups excluding tert-OH is 1. The number of amides is 1. The highest BCUT2D eigenvalue weighted by Gasteiger charge is 2.33. The summed E-state index contributed by atoms with van der Waals surface area (Å²) in [4.78, 5) is 24.0. The lowest BCUT2D eigenvalue weighted by molar-refractivity contribution is 0.0640. The van der Waals surface area contributed by atoms with E-state index in [4.69, 9.17) is 10.2 Å². The second kappa shape index (κ2) is 8.49. The second-order valence-electron chi connectivity index (χ2n) is 7.76. The number of ether oxygens (including phenoxy) is 1. The lowest BCUT2D eigenvalue weighted by Gasteiger charge is -2.24. The number of rotatable bonds is 7. The maximum absolute atomic E-state index is 13.4. The van der Waals surface area contributed by atoms with Crippen molar-refractivity contribution < 1.29 is 36.7 Å². The molecular formula is C22H21FN2O7S. The number of benzene rings is 2. The van der Waals surface area contributed by atoms with Crippen molar-refractivity contribution in [3.63, 3.8) is 0 Å². The van der Waals surface area contributed by atoms with E-state index >= 15 is 0 Å². The zero-order valence-corrected chi connectivity index (χ0v) is 18.4. The van der Waals surface area contributed by atoms with E-state index in [0.29, 0.717) is 22.2 Å². The van der Waals surface area contributed by atoms with Crippen molar-refractivity contribution in [2.75, 3.05) is 23.7 Å². The van der Waals surface area contributed by atoms with E-state index in [1.165, 1.54) is 30.3 Å². The number of esters is 1. The summed E-state index contributed by atoms with van der Waals surface area (Å²) in [5, 5.41) is 9.73. The number of carbonyl (C=O) groups excluding carboxylic acids is 2. The van der Waals surface area contributed by atoms with Crippen molar-refractivity contribution in [2.24, 2.45) is 5.73 Å². The fourth-order valence-corrected chi connectivity index (χ4v) is 4.72. The number of aliphatic hydroxyl groups is 1. The first-order valence-electron chi connectivity index (χ1n) is 10.1. The van der Waals surface area contributed by atoms with Gasteiger partial charge in [0.25, 0.3) is 0 Å². The van der Waals surface area contributed by atoms with Gasteiger partial charge in [0.05, 0.1) is 25.1 Å². The van der Waals surface area contributed by atoms with Gasteiger partial charge in [0, 0.05) is 17.0 Å². The fraction of sp³-hybridized carbons (Fsp3) is 0.273. The van der Waals surface area contributed by atoms with Crippen LogP contribution in [0.3, 0.4) is 0 Å². The monoisotopic (exact) mass is 476 g/mol. The van der Waals surface area contributed by atoms with E-state index in [-0.39, 0.29) is 29.4 Å². The zero-order chi connectivity index (χ0) is 23.9. The Kier molecular flexibility index (Phi) is 5.85. The summed E-state index contributed by atoms with van der Waals surface area (Å²) in [6.45, 7) is -0.559. The van der Waals surface area contributed by atoms with Crippen LogP contribution in [0.1, 0.15) is 34.7 Å². The van der Waals surface area contributed by atoms with Gasteiger partial charge < -0.3 is 20.0 Å². The minimum absolute atomic E-state index is 0.0169. The number of carbonyl (C=O) groups is 2. The summed E-state index contributed by atoms with van der Waals surface area (Å²) in [5.41, 5.74) is 6.41. The predicted molar refractivity (Wildman–Crippen MR) is 118 cm³/mol. The number of nitrogens with zero attached hydrogens (tertiary/aromatic N) is 1. The average Bonchev–Trinajstić information content (AvgIpc) is 3.50. The van der Waals surface area contributed by atoms with Gasteiger partial charge in [-0.05, 0) is 54.7 Å². The van der Waals surface area contributed by atoms with Crippen molar-refractivity contribution in [1.82, 2.24) is 0 Å². The summed E-state index contributed by atoms with van der Waals surface area (Å²) in [5.74, 6) is -1.48. The van der Waals surface area contributed by atoms with Crippen LogP contribution in [0.2, 0.25) is 0 Å². The SMILES string of the molecule is CS(=O)(=O)N(CCO)c1cc2oc(-c3ccc(F)cc3)c(C(=O)OC(N)=O)c2cc1C1CC1. The molecule has 4 rings (SSSR count). The molecule has 2 aromatic carbocycles. The van der Waals surface area contributed by atoms with Crippen molar-refractivity contribution >= 4 is 38.7 Å². The molecule has 1 heterocycles. The van der Waals surface area contributed by atoms with Crippen LogP contribution >= 0.6 is 0 Å². The number of hydrogen-bond acceptors (Lipinski definition) is 7. The Bertz CT molecular complexity index is 1350. The third-order valence-corrected chi connectivity index (χ3v) is 6.51. The van der Waals surface area contributed by atoms with Gasteiger partial charge in [-0.1, -0.05) is 0 Å². The smallest absolute Gasteiger partial charge is 0.412 e. The standard InChI is InChI=1S/C22H21FN2O7S/c1-33(29,30)25(8-9-26)17-11-18-16(10-15(17)12-2-3-12)19(21(27)32-22(24)28)20(31-18)13-4-6-14(23)7-5-13/h4-7,10-12,26H,2-3,8-9H2,1H3,(H2,24,28). The summed E-state index contributed by atoms with van der Waals surface area (Å²) < 4.78 is 49.9. The van der Waals surface area contributed by atoms with Gasteiger partial charge in [0.15, 0.2) is 0 Å². The van der Waals surface area contributed by atoms with Gasteiger partial charge in [-0.3, -0.25) is 4.31 Å². The Morgan fingerprint density at radius 3 is 2.45 bits per heavy atom. The van der Waals surface area contributed by atoms with Gasteiger partial charge in [0.1, 0.15) is 22.7 Å². The van der Waals surface area contributed by atoms with Gasteiger partial charge >= 0.3 is 12.1 Å². The Morgan fingerprint density at radius 1 is 1.24 bits per heavy atom. The summed E-state index contributed by atoms with van der Waals surface area (Å²) in [7, 11) is -3.73. The normalized spacial score (nSPS) is 13.8. The molecule has 1 aromatic heterocycles. The van der Waals surface area contributed by atoms with Crippen LogP contribution in [-0.4, -0.2) is 45.0 Å². The highest BCUT2D eigenvalue weighted by molar-refractivity contribution is 7.92. The maximum atomic E-state index is 13.4. The average molecular weight is 476 g/mol. The quantitative estimate of drug-likeness (QED) is 0.394. The lowest BCUT2D eigenvalue weighted by atomic mass is 10.0. The van der Waals surface area contributed by atoms with Gasteiger partial charge in [-0.25, -0.2) is 22.4 Å². The molecule has 0 bridgehead atoms. The minimum atomic E-state index is -3.73. The van der Waals surface area contributed by atoms with E-state index in [1.54, 1.807) is 6.07 Å². The second-order valence-corrected chi connectivity index (χ2v) is 9.67. The highest BCUT2D eigenvalue weighted by atomic mass is 32.2. The molecule has 3 N–H and O–H groups in total. The van der Waals surface area contributed by atoms with Crippen LogP contribution in [0.15, 0.2) is 40.8 Å². The molecule has 174 valence electrons. The summed E-state index contributed by atoms with van der Waals surface area (Å²) in [6.07, 6.45) is 1.37. The predicted octanol–water partition coefficient (Wildman–Crippen LogP) is 3.11. The first-order valence-corrected chi connectivity index (χ1v) is 11.9. The largest absolute Gasteiger partial charge is 0.455 e. The zero-order valence-electron chi connectivity index (χ0n) is 17.6. The molecule has 1 amide bonds. The molecule has 0 unspecified atom stereocenters. The molecule has 1 aliphatic carbocycles. The fourth-order valence-electron chi connectivity index (χ4n) is 3.79. The maximum Gasteiger partial charge on any atom is 0.412 e. The van der Waals surface area contributed by atoms with Gasteiger partial charge in [0.2, 0.25) is 10.0 Å². The number of sulfonamides is 1. The van der Waals surface area contributed by atoms with Crippen LogP contribution in [0, 0.1) is 5.82 Å². The summed E-state index contributed by atoms with van der Waals surface area (Å²) in [6, 6.07) is 8.26. The molecule has 0 atom stereocenters. The summed E-state index contributed by atoms with van der Waals surface area (Å²) >= 11 is 0. The first kappa shape index (κ1) is 22.7. The van der Waals surface area contributed by atoms with Crippen LogP contribution in [0.25, 0.3) is 22.3 Å². The number of fused-ring (bicyclic) bond motifs is 1. The van der Waals surface area contributed by atoms with E-state index in [0.717, 1.165) is 23.4 Å². The van der Waals surface area contributed by atoms with Crippen molar-refractivity contribution in [2.45, 2.75) is 18.8 Å². The minimum Gasteiger partial charge on any atom is -0.455 e. The Hall–Kier alpha value is -3.44. The van der Waals surface area contributed by atoms with Crippen LogP contribution in [0.5, 0.6) is 0 Å². The number of anilines is 1. The van der Waals surface area contributed by atoms with Gasteiger partial charge in [-0.2, -0.15) is 0 Å². The van der Waals surface area contributed by atoms with E-state index in [2.05, 4.69) is 4.74 Å². The van der Waals surface area contributed by atoms with Crippen molar-refractivity contribution in [1.29, 1.82) is 0 Å². The molecule has 1 fully saturated rings. The third kappa shape index (κ3) is 4.55. The van der Waals surface area contributed by atoms with Crippen LogP contribution in [0.4, 0.5) is 14.9 Å². The highest BCUT2D eigenvalue weighted by Crippen LogP contribution is 2.48. The number of halogens is 1. The molecule has 9 nitrogen and oxygen atoms in total. The molecular weight excluding hydrogens is 455 g/mol. The number of primary amides is 1. The molecule has 0 spiro atoms. The molecule has 0 radical (unpaired) electrons. The molecule has 1 aliphatic rings. The molecule has 0 saturated heterocycles. The van der Waals surface area contributed by atoms with E-state index < -0.39 is 34.5 Å².